The maximum atomic E-state index is 13.1. The van der Waals surface area contributed by atoms with Crippen molar-refractivity contribution in [3.63, 3.8) is 0 Å². The molecule has 37 heavy (non-hydrogen) atoms. The molecule has 0 spiro atoms. The molecule has 1 aliphatic heterocycles. The second-order valence-corrected chi connectivity index (χ2v) is 9.98. The summed E-state index contributed by atoms with van der Waals surface area (Å²) in [5, 5.41) is 21.2. The summed E-state index contributed by atoms with van der Waals surface area (Å²) in [6.45, 7) is 5.67. The van der Waals surface area contributed by atoms with Crippen LogP contribution in [-0.2, 0) is 11.3 Å². The Morgan fingerprint density at radius 1 is 1.22 bits per heavy atom. The molecule has 11 heteroatoms. The number of carbonyl (C=O) groups is 1. The lowest BCUT2D eigenvalue weighted by atomic mass is 10.1. The van der Waals surface area contributed by atoms with Crippen molar-refractivity contribution in [1.82, 2.24) is 34.4 Å². The zero-order chi connectivity index (χ0) is 25.4. The lowest BCUT2D eigenvalue weighted by Gasteiger charge is -2.26. The van der Waals surface area contributed by atoms with E-state index in [0.29, 0.717) is 17.8 Å². The van der Waals surface area contributed by atoms with Crippen molar-refractivity contribution in [2.75, 3.05) is 58.4 Å². The number of amides is 1. The van der Waals surface area contributed by atoms with E-state index in [1.54, 1.807) is 10.7 Å². The van der Waals surface area contributed by atoms with Gasteiger partial charge < -0.3 is 25.0 Å². The van der Waals surface area contributed by atoms with Crippen molar-refractivity contribution >= 4 is 28.4 Å². The van der Waals surface area contributed by atoms with Crippen molar-refractivity contribution in [1.29, 1.82) is 0 Å². The standard InChI is InChI=1S/C26H32N8O3/c1-27-22-13-21(31-24-19(14-30-34(22)24)25(36)29-16-26(17-35)4-5-26)20-15-33(23-18(20)3-2-6-28-23)8-7-32-9-11-37-12-10-32/h2-3,6,13-15,27,35H,4-5,7-12,16-17H2,1H3,(H,29,36). The van der Waals surface area contributed by atoms with E-state index in [2.05, 4.69) is 42.4 Å². The van der Waals surface area contributed by atoms with Crippen LogP contribution in [-0.4, -0.2) is 93.1 Å². The van der Waals surface area contributed by atoms with Gasteiger partial charge in [-0.25, -0.2) is 9.97 Å². The lowest BCUT2D eigenvalue weighted by molar-refractivity contribution is 0.0365. The highest BCUT2D eigenvalue weighted by Gasteiger charge is 2.42. The SMILES string of the molecule is CNc1cc(-c2cn(CCN3CCOCC3)c3ncccc23)nc2c(C(=O)NCC3(CO)CC3)cnn12. The number of hydrogen-bond acceptors (Lipinski definition) is 8. The maximum Gasteiger partial charge on any atom is 0.256 e. The average molecular weight is 505 g/mol. The number of nitrogens with zero attached hydrogens (tertiary/aromatic N) is 6. The molecule has 6 rings (SSSR count). The van der Waals surface area contributed by atoms with E-state index >= 15 is 0 Å². The largest absolute Gasteiger partial charge is 0.396 e. The van der Waals surface area contributed by atoms with Gasteiger partial charge in [-0.1, -0.05) is 0 Å². The summed E-state index contributed by atoms with van der Waals surface area (Å²) in [4.78, 5) is 25.1. The molecule has 1 amide bonds. The molecular weight excluding hydrogens is 472 g/mol. The van der Waals surface area contributed by atoms with Crippen LogP contribution >= 0.6 is 0 Å². The molecule has 0 atom stereocenters. The summed E-state index contributed by atoms with van der Waals surface area (Å²) >= 11 is 0. The normalized spacial score (nSPS) is 17.4. The van der Waals surface area contributed by atoms with Gasteiger partial charge in [0.1, 0.15) is 17.0 Å². The van der Waals surface area contributed by atoms with Gasteiger partial charge in [0, 0.05) is 74.6 Å². The van der Waals surface area contributed by atoms with Gasteiger partial charge in [0.15, 0.2) is 5.65 Å². The number of nitrogens with one attached hydrogen (secondary N) is 2. The van der Waals surface area contributed by atoms with Crippen LogP contribution in [0.15, 0.2) is 36.8 Å². The summed E-state index contributed by atoms with van der Waals surface area (Å²) in [5.41, 5.74) is 3.30. The van der Waals surface area contributed by atoms with Crippen molar-refractivity contribution < 1.29 is 14.6 Å². The smallest absolute Gasteiger partial charge is 0.256 e. The Bertz CT molecular complexity index is 1430. The third-order valence-corrected chi connectivity index (χ3v) is 7.56. The molecule has 1 saturated heterocycles. The molecule has 1 saturated carbocycles. The molecule has 3 N–H and O–H groups in total. The van der Waals surface area contributed by atoms with E-state index in [1.807, 2.05) is 25.4 Å². The number of rotatable bonds is 9. The topological polar surface area (TPSA) is 122 Å². The van der Waals surface area contributed by atoms with Gasteiger partial charge in [0.2, 0.25) is 0 Å². The van der Waals surface area contributed by atoms with Gasteiger partial charge in [-0.15, -0.1) is 0 Å². The second kappa shape index (κ2) is 9.73. The van der Waals surface area contributed by atoms with Crippen LogP contribution in [0.2, 0.25) is 0 Å². The minimum atomic E-state index is -0.240. The first-order valence-corrected chi connectivity index (χ1v) is 12.8. The quantitative estimate of drug-likeness (QED) is 0.314. The van der Waals surface area contributed by atoms with Crippen molar-refractivity contribution in [2.45, 2.75) is 19.4 Å². The van der Waals surface area contributed by atoms with Crippen molar-refractivity contribution in [2.24, 2.45) is 5.41 Å². The number of fused-ring (bicyclic) bond motifs is 2. The number of morpholine rings is 1. The first-order chi connectivity index (χ1) is 18.1. The number of carbonyl (C=O) groups excluding carboxylic acids is 1. The Kier molecular flexibility index (Phi) is 6.27. The predicted octanol–water partition coefficient (Wildman–Crippen LogP) is 1.62. The van der Waals surface area contributed by atoms with Crippen LogP contribution in [0.4, 0.5) is 5.82 Å². The molecule has 0 radical (unpaired) electrons. The minimum Gasteiger partial charge on any atom is -0.396 e. The molecule has 2 fully saturated rings. The van der Waals surface area contributed by atoms with Gasteiger partial charge in [-0.3, -0.25) is 9.69 Å². The number of pyridine rings is 1. The van der Waals surface area contributed by atoms with E-state index in [4.69, 9.17) is 9.72 Å². The fourth-order valence-electron chi connectivity index (χ4n) is 4.94. The molecule has 11 nitrogen and oxygen atoms in total. The zero-order valence-corrected chi connectivity index (χ0v) is 21.0. The molecule has 4 aromatic rings. The van der Waals surface area contributed by atoms with Crippen LogP contribution in [0.1, 0.15) is 23.2 Å². The minimum absolute atomic E-state index is 0.0813. The second-order valence-electron chi connectivity index (χ2n) is 9.98. The molecular formula is C26H32N8O3. The van der Waals surface area contributed by atoms with Crippen molar-refractivity contribution in [3.05, 3.63) is 42.4 Å². The fraction of sp³-hybridized carbons (Fsp3) is 0.462. The van der Waals surface area contributed by atoms with E-state index in [-0.39, 0.29) is 17.9 Å². The highest BCUT2D eigenvalue weighted by Crippen LogP contribution is 2.44. The maximum absolute atomic E-state index is 13.1. The summed E-state index contributed by atoms with van der Waals surface area (Å²) in [5.74, 6) is 0.488. The van der Waals surface area contributed by atoms with Gasteiger partial charge >= 0.3 is 0 Å². The third kappa shape index (κ3) is 4.54. The molecule has 5 heterocycles. The Labute approximate surface area is 214 Å². The number of ether oxygens (including phenoxy) is 1. The Morgan fingerprint density at radius 2 is 2.05 bits per heavy atom. The summed E-state index contributed by atoms with van der Waals surface area (Å²) in [6.07, 6.45) is 7.31. The Hall–Kier alpha value is -3.54. The van der Waals surface area contributed by atoms with Crippen LogP contribution in [0.3, 0.4) is 0 Å². The fourth-order valence-corrected chi connectivity index (χ4v) is 4.94. The number of aliphatic hydroxyl groups excluding tert-OH is 1. The first-order valence-electron chi connectivity index (χ1n) is 12.8. The predicted molar refractivity (Wildman–Crippen MR) is 140 cm³/mol. The Balaban J connectivity index is 1.35. The number of hydrogen-bond donors (Lipinski definition) is 3. The summed E-state index contributed by atoms with van der Waals surface area (Å²) in [7, 11) is 1.82. The van der Waals surface area contributed by atoms with E-state index in [1.165, 1.54) is 0 Å². The van der Waals surface area contributed by atoms with Crippen LogP contribution in [0, 0.1) is 5.41 Å². The first kappa shape index (κ1) is 23.8. The summed E-state index contributed by atoms with van der Waals surface area (Å²) < 4.78 is 9.31. The third-order valence-electron chi connectivity index (χ3n) is 7.56. The van der Waals surface area contributed by atoms with Gasteiger partial charge in [-0.2, -0.15) is 9.61 Å². The van der Waals surface area contributed by atoms with Crippen LogP contribution in [0.25, 0.3) is 27.9 Å². The zero-order valence-electron chi connectivity index (χ0n) is 21.0. The van der Waals surface area contributed by atoms with E-state index in [0.717, 1.165) is 80.3 Å². The summed E-state index contributed by atoms with van der Waals surface area (Å²) in [6, 6.07) is 5.94. The lowest BCUT2D eigenvalue weighted by Crippen LogP contribution is -2.38. The molecule has 1 aliphatic carbocycles. The molecule has 194 valence electrons. The number of aliphatic hydroxyl groups is 1. The van der Waals surface area contributed by atoms with Gasteiger partial charge in [0.05, 0.1) is 31.7 Å². The molecule has 0 unspecified atom stereocenters. The van der Waals surface area contributed by atoms with Crippen LogP contribution in [0.5, 0.6) is 0 Å². The highest BCUT2D eigenvalue weighted by atomic mass is 16.5. The van der Waals surface area contributed by atoms with Crippen LogP contribution < -0.4 is 10.6 Å². The monoisotopic (exact) mass is 504 g/mol. The average Bonchev–Trinajstić information content (AvgIpc) is 3.45. The van der Waals surface area contributed by atoms with Crippen molar-refractivity contribution in [3.8, 4) is 11.3 Å². The Morgan fingerprint density at radius 3 is 2.81 bits per heavy atom. The molecule has 0 aromatic carbocycles. The number of aromatic nitrogens is 5. The van der Waals surface area contributed by atoms with E-state index in [9.17, 15) is 9.90 Å². The number of anilines is 1. The molecule has 2 aliphatic rings. The molecule has 0 bridgehead atoms. The molecule has 4 aromatic heterocycles. The van der Waals surface area contributed by atoms with Gasteiger partial charge in [-0.05, 0) is 25.0 Å². The van der Waals surface area contributed by atoms with Gasteiger partial charge in [0.25, 0.3) is 5.91 Å². The van der Waals surface area contributed by atoms with E-state index < -0.39 is 0 Å². The highest BCUT2D eigenvalue weighted by molar-refractivity contribution is 6.01.